The van der Waals surface area contributed by atoms with Crippen LogP contribution in [0.15, 0.2) is 54.6 Å². The van der Waals surface area contributed by atoms with E-state index in [1.807, 2.05) is 42.5 Å². The molecule has 2 saturated heterocycles. The molecular formula is C23H28FN3O. The van der Waals surface area contributed by atoms with E-state index < -0.39 is 0 Å². The molecule has 28 heavy (non-hydrogen) atoms. The molecule has 0 aromatic heterocycles. The summed E-state index contributed by atoms with van der Waals surface area (Å²) in [6.45, 7) is 1.41. The maximum absolute atomic E-state index is 13.2. The topological polar surface area (TPSA) is 44.4 Å². The number of carbonyl (C=O) groups is 1. The summed E-state index contributed by atoms with van der Waals surface area (Å²) in [5.74, 6) is -0.187. The number of benzene rings is 2. The Morgan fingerprint density at radius 1 is 0.964 bits per heavy atom. The number of amides is 2. The van der Waals surface area contributed by atoms with Gasteiger partial charge in [0, 0.05) is 31.2 Å². The Hall–Kier alpha value is -2.40. The third kappa shape index (κ3) is 4.71. The first-order valence-electron chi connectivity index (χ1n) is 10.3. The standard InChI is InChI=1S/C23H28FN3O/c24-19-11-9-18(10-12-19)16-27-21-7-4-8-22(27)14-20(13-21)26-23(28)25-15-17-5-2-1-3-6-17/h1-3,5-6,9-12,20-22H,4,7-8,13-16H2,(H2,25,26,28)/t20?,21-,22+. The van der Waals surface area contributed by atoms with E-state index in [9.17, 15) is 9.18 Å². The molecule has 2 bridgehead atoms. The molecule has 0 saturated carbocycles. The molecule has 2 N–H and O–H groups in total. The summed E-state index contributed by atoms with van der Waals surface area (Å²) in [5.41, 5.74) is 2.26. The number of carbonyl (C=O) groups excluding carboxylic acids is 1. The van der Waals surface area contributed by atoms with Gasteiger partial charge in [0.2, 0.25) is 0 Å². The molecule has 2 amide bonds. The van der Waals surface area contributed by atoms with E-state index >= 15 is 0 Å². The van der Waals surface area contributed by atoms with Gasteiger partial charge in [-0.25, -0.2) is 9.18 Å². The summed E-state index contributed by atoms with van der Waals surface area (Å²) in [6, 6.07) is 17.9. The lowest BCUT2D eigenvalue weighted by molar-refractivity contribution is 0.0197. The quantitative estimate of drug-likeness (QED) is 0.815. The van der Waals surface area contributed by atoms with Crippen LogP contribution in [0.25, 0.3) is 0 Å². The third-order valence-electron chi connectivity index (χ3n) is 6.04. The number of piperidine rings is 2. The molecular weight excluding hydrogens is 353 g/mol. The monoisotopic (exact) mass is 381 g/mol. The van der Waals surface area contributed by atoms with Gasteiger partial charge in [-0.15, -0.1) is 0 Å². The van der Waals surface area contributed by atoms with Crippen molar-refractivity contribution < 1.29 is 9.18 Å². The molecule has 4 nitrogen and oxygen atoms in total. The average Bonchev–Trinajstić information content (AvgIpc) is 2.69. The maximum atomic E-state index is 13.2. The van der Waals surface area contributed by atoms with Gasteiger partial charge in [-0.2, -0.15) is 0 Å². The SMILES string of the molecule is O=C(NCc1ccccc1)NC1C[C@H]2CCC[C@@H](C1)N2Cc1ccc(F)cc1. The summed E-state index contributed by atoms with van der Waals surface area (Å²) in [4.78, 5) is 14.9. The first-order chi connectivity index (χ1) is 13.7. The van der Waals surface area contributed by atoms with Crippen LogP contribution in [0.1, 0.15) is 43.2 Å². The van der Waals surface area contributed by atoms with Crippen molar-refractivity contribution >= 4 is 6.03 Å². The van der Waals surface area contributed by atoms with E-state index in [0.29, 0.717) is 18.6 Å². The van der Waals surface area contributed by atoms with Gasteiger partial charge in [0.25, 0.3) is 0 Å². The molecule has 1 unspecified atom stereocenters. The summed E-state index contributed by atoms with van der Waals surface area (Å²) in [5, 5.41) is 6.15. The summed E-state index contributed by atoms with van der Waals surface area (Å²) >= 11 is 0. The van der Waals surface area contributed by atoms with Crippen molar-refractivity contribution in [1.29, 1.82) is 0 Å². The average molecular weight is 381 g/mol. The third-order valence-corrected chi connectivity index (χ3v) is 6.04. The zero-order chi connectivity index (χ0) is 19.3. The van der Waals surface area contributed by atoms with Crippen molar-refractivity contribution in [3.63, 3.8) is 0 Å². The number of nitrogens with one attached hydrogen (secondary N) is 2. The van der Waals surface area contributed by atoms with Gasteiger partial charge in [-0.05, 0) is 48.9 Å². The van der Waals surface area contributed by atoms with Crippen LogP contribution >= 0.6 is 0 Å². The second-order valence-electron chi connectivity index (χ2n) is 8.02. The highest BCUT2D eigenvalue weighted by Gasteiger charge is 2.38. The van der Waals surface area contributed by atoms with Crippen LogP contribution in [-0.2, 0) is 13.1 Å². The highest BCUT2D eigenvalue weighted by atomic mass is 19.1. The van der Waals surface area contributed by atoms with Crippen molar-refractivity contribution in [2.45, 2.75) is 63.3 Å². The molecule has 2 aliphatic heterocycles. The Labute approximate surface area is 166 Å². The van der Waals surface area contributed by atoms with Crippen molar-refractivity contribution in [2.24, 2.45) is 0 Å². The Kier molecular flexibility index (Phi) is 5.91. The molecule has 3 atom stereocenters. The molecule has 2 fully saturated rings. The molecule has 0 aliphatic carbocycles. The van der Waals surface area contributed by atoms with Gasteiger partial charge in [0.15, 0.2) is 0 Å². The lowest BCUT2D eigenvalue weighted by atomic mass is 9.81. The molecule has 0 spiro atoms. The number of fused-ring (bicyclic) bond motifs is 2. The van der Waals surface area contributed by atoms with Crippen LogP contribution in [0.3, 0.4) is 0 Å². The Morgan fingerprint density at radius 2 is 1.64 bits per heavy atom. The minimum absolute atomic E-state index is 0.0843. The summed E-state index contributed by atoms with van der Waals surface area (Å²) < 4.78 is 13.2. The summed E-state index contributed by atoms with van der Waals surface area (Å²) in [7, 11) is 0. The van der Waals surface area contributed by atoms with Gasteiger partial charge in [0.05, 0.1) is 0 Å². The second-order valence-corrected chi connectivity index (χ2v) is 8.02. The molecule has 2 aromatic rings. The van der Waals surface area contributed by atoms with E-state index in [1.54, 1.807) is 0 Å². The summed E-state index contributed by atoms with van der Waals surface area (Å²) in [6.07, 6.45) is 5.55. The minimum Gasteiger partial charge on any atom is -0.335 e. The molecule has 2 aromatic carbocycles. The number of rotatable bonds is 5. The largest absolute Gasteiger partial charge is 0.335 e. The van der Waals surface area contributed by atoms with Crippen molar-refractivity contribution in [3.8, 4) is 0 Å². The highest BCUT2D eigenvalue weighted by Crippen LogP contribution is 2.35. The predicted molar refractivity (Wildman–Crippen MR) is 108 cm³/mol. The molecule has 4 rings (SSSR count). The van der Waals surface area contributed by atoms with E-state index in [1.165, 1.54) is 31.4 Å². The number of urea groups is 1. The van der Waals surface area contributed by atoms with Crippen LogP contribution in [0.4, 0.5) is 9.18 Å². The Bertz CT molecular complexity index is 766. The van der Waals surface area contributed by atoms with Crippen molar-refractivity contribution in [3.05, 3.63) is 71.5 Å². The lowest BCUT2D eigenvalue weighted by Crippen LogP contribution is -2.57. The Balaban J connectivity index is 1.31. The number of hydrogen-bond donors (Lipinski definition) is 2. The first kappa shape index (κ1) is 18.9. The van der Waals surface area contributed by atoms with Gasteiger partial charge >= 0.3 is 6.03 Å². The van der Waals surface area contributed by atoms with E-state index in [-0.39, 0.29) is 17.9 Å². The Morgan fingerprint density at radius 3 is 2.32 bits per heavy atom. The van der Waals surface area contributed by atoms with Gasteiger partial charge in [-0.3, -0.25) is 4.90 Å². The molecule has 148 valence electrons. The van der Waals surface area contributed by atoms with Crippen LogP contribution in [0.2, 0.25) is 0 Å². The molecule has 5 heteroatoms. The second kappa shape index (κ2) is 8.74. The van der Waals surface area contributed by atoms with Crippen molar-refractivity contribution in [2.75, 3.05) is 0 Å². The van der Waals surface area contributed by atoms with Gasteiger partial charge in [0.1, 0.15) is 5.82 Å². The minimum atomic E-state index is -0.187. The smallest absolute Gasteiger partial charge is 0.315 e. The van der Waals surface area contributed by atoms with E-state index in [2.05, 4.69) is 15.5 Å². The lowest BCUT2D eigenvalue weighted by Gasteiger charge is -2.49. The fraction of sp³-hybridized carbons (Fsp3) is 0.435. The normalized spacial score (nSPS) is 24.5. The van der Waals surface area contributed by atoms with E-state index in [0.717, 1.165) is 30.5 Å². The van der Waals surface area contributed by atoms with Crippen LogP contribution in [0.5, 0.6) is 0 Å². The van der Waals surface area contributed by atoms with Crippen LogP contribution in [0, 0.1) is 5.82 Å². The zero-order valence-electron chi connectivity index (χ0n) is 16.1. The molecule has 2 heterocycles. The van der Waals surface area contributed by atoms with Crippen LogP contribution in [-0.4, -0.2) is 29.1 Å². The zero-order valence-corrected chi connectivity index (χ0v) is 16.1. The maximum Gasteiger partial charge on any atom is 0.315 e. The number of nitrogens with zero attached hydrogens (tertiary/aromatic N) is 1. The van der Waals surface area contributed by atoms with Gasteiger partial charge < -0.3 is 10.6 Å². The fourth-order valence-corrected chi connectivity index (χ4v) is 4.67. The van der Waals surface area contributed by atoms with Crippen molar-refractivity contribution in [1.82, 2.24) is 15.5 Å². The molecule has 2 aliphatic rings. The van der Waals surface area contributed by atoms with Gasteiger partial charge in [-0.1, -0.05) is 48.9 Å². The number of hydrogen-bond acceptors (Lipinski definition) is 2. The first-order valence-corrected chi connectivity index (χ1v) is 10.3. The van der Waals surface area contributed by atoms with Crippen LogP contribution < -0.4 is 10.6 Å². The van der Waals surface area contributed by atoms with E-state index in [4.69, 9.17) is 0 Å². The number of halogens is 1. The molecule has 0 radical (unpaired) electrons. The highest BCUT2D eigenvalue weighted by molar-refractivity contribution is 5.74. The predicted octanol–water partition coefficient (Wildman–Crippen LogP) is 4.21. The fourth-order valence-electron chi connectivity index (χ4n) is 4.67.